The molecule has 3 aliphatic rings. The number of aliphatic hydroxyl groups is 4. The van der Waals surface area contributed by atoms with Crippen molar-refractivity contribution in [1.29, 1.82) is 0 Å². The van der Waals surface area contributed by atoms with E-state index < -0.39 is 24.6 Å². The summed E-state index contributed by atoms with van der Waals surface area (Å²) >= 11 is 0. The topological polar surface area (TPSA) is 133 Å². The molecular weight excluding hydrogens is 330 g/mol. The minimum Gasteiger partial charge on any atom is -0.453 e. The van der Waals surface area contributed by atoms with E-state index in [1.807, 2.05) is 24.3 Å². The van der Waals surface area contributed by atoms with Crippen molar-refractivity contribution in [3.05, 3.63) is 52.7 Å². The molecule has 1 aliphatic carbocycles. The molecule has 25 heavy (non-hydrogen) atoms. The first kappa shape index (κ1) is 17.5. The van der Waals surface area contributed by atoms with Crippen LogP contribution in [-0.2, 0) is 4.74 Å². The molecule has 1 fully saturated rings. The van der Waals surface area contributed by atoms with Crippen LogP contribution < -0.4 is 5.43 Å². The molecule has 0 radical (unpaired) electrons. The fraction of sp³-hybridized carbons (Fsp3) is 0.294. The molecule has 1 aromatic carbocycles. The highest BCUT2D eigenvalue weighted by molar-refractivity contribution is 5.75. The summed E-state index contributed by atoms with van der Waals surface area (Å²) in [6, 6.07) is 12.1. The number of rotatable bonds is 0. The molecule has 8 nitrogen and oxygen atoms in total. The number of aromatic nitrogens is 1. The van der Waals surface area contributed by atoms with E-state index in [1.165, 1.54) is 12.1 Å². The van der Waals surface area contributed by atoms with Crippen molar-refractivity contribution < 1.29 is 29.6 Å². The van der Waals surface area contributed by atoms with Gasteiger partial charge in [0.25, 0.3) is 0 Å². The predicted octanol–water partition coefficient (Wildman–Crippen LogP) is -0.290. The quantitative estimate of drug-likeness (QED) is 0.408. The van der Waals surface area contributed by atoms with Crippen molar-refractivity contribution in [2.24, 2.45) is 0 Å². The second kappa shape index (κ2) is 7.26. The molecule has 1 aromatic rings. The number of ether oxygens (including phenoxy) is 1. The Morgan fingerprint density at radius 2 is 1.76 bits per heavy atom. The van der Waals surface area contributed by atoms with Gasteiger partial charge in [-0.1, -0.05) is 12.1 Å². The Balaban J connectivity index is 0.000000160. The minimum atomic E-state index is -1.41. The largest absolute Gasteiger partial charge is 0.453 e. The third kappa shape index (κ3) is 3.84. The van der Waals surface area contributed by atoms with Crippen molar-refractivity contribution >= 4 is 11.1 Å². The van der Waals surface area contributed by atoms with Crippen LogP contribution in [0.2, 0.25) is 0 Å². The van der Waals surface area contributed by atoms with Crippen molar-refractivity contribution in [2.45, 2.75) is 24.6 Å². The fourth-order valence-electron chi connectivity index (χ4n) is 2.34. The first-order valence-corrected chi connectivity index (χ1v) is 7.59. The minimum absolute atomic E-state index is 0.0664. The summed E-state index contributed by atoms with van der Waals surface area (Å²) in [5.74, 6) is 0.529. The van der Waals surface area contributed by atoms with Gasteiger partial charge in [0.05, 0.1) is 6.61 Å². The predicted molar refractivity (Wildman–Crippen MR) is 86.9 cm³/mol. The summed E-state index contributed by atoms with van der Waals surface area (Å²) in [4.78, 5) is 15.5. The van der Waals surface area contributed by atoms with E-state index in [0.29, 0.717) is 17.0 Å². The Labute approximate surface area is 141 Å². The molecule has 8 heteroatoms. The Bertz CT molecular complexity index is 866. The van der Waals surface area contributed by atoms with E-state index in [-0.39, 0.29) is 12.0 Å². The third-order valence-electron chi connectivity index (χ3n) is 3.73. The number of para-hydroxylation sites is 2. The summed E-state index contributed by atoms with van der Waals surface area (Å²) in [7, 11) is 0. The highest BCUT2D eigenvalue weighted by atomic mass is 16.6. The number of fused-ring (bicyclic) bond motifs is 2. The van der Waals surface area contributed by atoms with Gasteiger partial charge in [0.1, 0.15) is 29.5 Å². The van der Waals surface area contributed by atoms with Gasteiger partial charge in [-0.15, -0.1) is 0 Å². The second-order valence-electron chi connectivity index (χ2n) is 5.58. The summed E-state index contributed by atoms with van der Waals surface area (Å²) in [5, 5.41) is 35.3. The summed E-state index contributed by atoms with van der Waals surface area (Å²) < 4.78 is 10.0. The van der Waals surface area contributed by atoms with E-state index >= 15 is 0 Å². The lowest BCUT2D eigenvalue weighted by molar-refractivity contribution is -0.252. The van der Waals surface area contributed by atoms with Gasteiger partial charge < -0.3 is 29.6 Å². The molecule has 0 unspecified atom stereocenters. The van der Waals surface area contributed by atoms with E-state index in [4.69, 9.17) is 24.8 Å². The number of aliphatic hydroxyl groups excluding tert-OH is 4. The molecule has 2 heterocycles. The highest BCUT2D eigenvalue weighted by Gasteiger charge is 2.36. The molecule has 0 spiro atoms. The van der Waals surface area contributed by atoms with Gasteiger partial charge in [0.2, 0.25) is 0 Å². The summed E-state index contributed by atoms with van der Waals surface area (Å²) in [6.07, 6.45) is -5.23. The Kier molecular flexibility index (Phi) is 5.07. The van der Waals surface area contributed by atoms with Crippen molar-refractivity contribution in [2.75, 3.05) is 6.61 Å². The smallest absolute Gasteiger partial charge is 0.183 e. The molecule has 4 rings (SSSR count). The zero-order valence-electron chi connectivity index (χ0n) is 13.0. The maximum absolute atomic E-state index is 11.1. The summed E-state index contributed by atoms with van der Waals surface area (Å²) in [5.41, 5.74) is 2.12. The lowest BCUT2D eigenvalue weighted by atomic mass is 10.1. The zero-order chi connectivity index (χ0) is 18.0. The van der Waals surface area contributed by atoms with Crippen LogP contribution in [0.25, 0.3) is 22.6 Å². The van der Waals surface area contributed by atoms with E-state index in [2.05, 4.69) is 9.72 Å². The zero-order valence-corrected chi connectivity index (χ0v) is 13.0. The van der Waals surface area contributed by atoms with Gasteiger partial charge >= 0.3 is 0 Å². The van der Waals surface area contributed by atoms with Gasteiger partial charge in [-0.3, -0.25) is 4.79 Å². The molecule has 4 atom stereocenters. The molecule has 1 saturated heterocycles. The van der Waals surface area contributed by atoms with Crippen molar-refractivity contribution in [3.63, 3.8) is 0 Å². The van der Waals surface area contributed by atoms with Crippen LogP contribution >= 0.6 is 0 Å². The van der Waals surface area contributed by atoms with E-state index in [9.17, 15) is 4.79 Å². The molecule has 0 bridgehead atoms. The van der Waals surface area contributed by atoms with Crippen molar-refractivity contribution in [1.82, 2.24) is 4.98 Å². The van der Waals surface area contributed by atoms with Crippen LogP contribution in [0.1, 0.15) is 0 Å². The van der Waals surface area contributed by atoms with Crippen LogP contribution in [0.4, 0.5) is 0 Å². The standard InChI is InChI=1S/C12H7NO2.C5H10O5/c14-8-5-6-10-12(7-8)15-11-4-2-1-3-9(11)13-10;6-2-1-10-5(9)4(8)3(2)7/h1-7H;2-9H,1H2/t;2-,3-,4+,5+/m.0/s1. The van der Waals surface area contributed by atoms with Gasteiger partial charge in [0.15, 0.2) is 23.1 Å². The van der Waals surface area contributed by atoms with Gasteiger partial charge in [-0.25, -0.2) is 4.98 Å². The lowest BCUT2D eigenvalue weighted by Gasteiger charge is -2.31. The molecule has 2 aliphatic heterocycles. The lowest BCUT2D eigenvalue weighted by Crippen LogP contribution is -2.52. The first-order chi connectivity index (χ1) is 12.0. The number of nitrogens with zero attached hydrogens (tertiary/aromatic N) is 1. The highest BCUT2D eigenvalue weighted by Crippen LogP contribution is 2.22. The third-order valence-corrected chi connectivity index (χ3v) is 3.73. The van der Waals surface area contributed by atoms with Crippen molar-refractivity contribution in [3.8, 4) is 11.5 Å². The Morgan fingerprint density at radius 3 is 2.52 bits per heavy atom. The van der Waals surface area contributed by atoms with E-state index in [1.54, 1.807) is 6.07 Å². The maximum atomic E-state index is 11.1. The van der Waals surface area contributed by atoms with Gasteiger partial charge in [-0.2, -0.15) is 0 Å². The average molecular weight is 347 g/mol. The van der Waals surface area contributed by atoms with Gasteiger partial charge in [-0.05, 0) is 24.3 Å². The molecule has 0 saturated carbocycles. The van der Waals surface area contributed by atoms with E-state index in [0.717, 1.165) is 5.52 Å². The first-order valence-electron chi connectivity index (χ1n) is 7.59. The SMILES string of the molecule is O=c1ccc2nc3ccccc3oc-2c1.O[C@@H]1[C@@H](O)[C@@H](O)CO[C@H]1O. The average Bonchev–Trinajstić information content (AvgIpc) is 2.62. The van der Waals surface area contributed by atoms with Crippen LogP contribution in [-0.4, -0.2) is 56.6 Å². The summed E-state index contributed by atoms with van der Waals surface area (Å²) in [6.45, 7) is -0.153. The number of hydrogen-bond donors (Lipinski definition) is 4. The molecule has 0 amide bonds. The molecule has 132 valence electrons. The Hall–Kier alpha value is -2.36. The van der Waals surface area contributed by atoms with Crippen LogP contribution in [0.15, 0.2) is 51.7 Å². The number of benzene rings is 2. The normalized spacial score (nSPS) is 26.2. The van der Waals surface area contributed by atoms with Crippen LogP contribution in [0.5, 0.6) is 0 Å². The van der Waals surface area contributed by atoms with Crippen LogP contribution in [0.3, 0.4) is 0 Å². The monoisotopic (exact) mass is 347 g/mol. The maximum Gasteiger partial charge on any atom is 0.183 e. The van der Waals surface area contributed by atoms with Gasteiger partial charge in [0, 0.05) is 6.07 Å². The second-order valence-corrected chi connectivity index (χ2v) is 5.58. The van der Waals surface area contributed by atoms with Crippen LogP contribution in [0, 0.1) is 0 Å². The molecule has 0 aromatic heterocycles. The molecular formula is C17H17NO7. The Morgan fingerprint density at radius 1 is 1.00 bits per heavy atom. The molecule has 4 N–H and O–H groups in total. The number of hydrogen-bond acceptors (Lipinski definition) is 8. The fourth-order valence-corrected chi connectivity index (χ4v) is 2.34.